The molecule has 0 spiro atoms. The van der Waals surface area contributed by atoms with Crippen molar-refractivity contribution in [3.8, 4) is 0 Å². The molecule has 0 saturated heterocycles. The molecule has 0 saturated carbocycles. The molecule has 2 aromatic carbocycles. The van der Waals surface area contributed by atoms with E-state index < -0.39 is 0 Å². The van der Waals surface area contributed by atoms with Crippen LogP contribution in [0.4, 0.5) is 11.4 Å². The Morgan fingerprint density at radius 2 is 1.75 bits per heavy atom. The zero-order valence-corrected chi connectivity index (χ0v) is 17.4. The quantitative estimate of drug-likeness (QED) is 0.569. The molecule has 152 valence electrons. The van der Waals surface area contributed by atoms with Crippen LogP contribution < -0.4 is 10.2 Å². The van der Waals surface area contributed by atoms with Gasteiger partial charge in [-0.15, -0.1) is 0 Å². The molecule has 0 aliphatic carbocycles. The van der Waals surface area contributed by atoms with Crippen LogP contribution in [0, 0.1) is 0 Å². The molecule has 28 heavy (non-hydrogen) atoms. The molecular formula is C23H32N2O3. The van der Waals surface area contributed by atoms with Gasteiger partial charge in [-0.25, -0.2) is 0 Å². The van der Waals surface area contributed by atoms with Gasteiger partial charge in [-0.1, -0.05) is 12.1 Å². The molecule has 1 N–H and O–H groups in total. The van der Waals surface area contributed by atoms with Crippen LogP contribution in [0.25, 0.3) is 0 Å². The number of carbonyl (C=O) groups is 1. The van der Waals surface area contributed by atoms with E-state index in [-0.39, 0.29) is 5.91 Å². The number of hydrogen-bond acceptors (Lipinski definition) is 4. The Morgan fingerprint density at radius 3 is 2.39 bits per heavy atom. The fourth-order valence-corrected chi connectivity index (χ4v) is 3.04. The van der Waals surface area contributed by atoms with E-state index in [1.54, 1.807) is 0 Å². The van der Waals surface area contributed by atoms with E-state index in [0.29, 0.717) is 38.0 Å². The van der Waals surface area contributed by atoms with Gasteiger partial charge >= 0.3 is 0 Å². The Kier molecular flexibility index (Phi) is 8.98. The van der Waals surface area contributed by atoms with Crippen LogP contribution >= 0.6 is 0 Å². The second-order valence-electron chi connectivity index (χ2n) is 6.83. The van der Waals surface area contributed by atoms with Crippen LogP contribution in [0.3, 0.4) is 0 Å². The number of anilines is 2. The number of hydrogen-bond donors (Lipinski definition) is 1. The minimum Gasteiger partial charge on any atom is -0.379 e. The lowest BCUT2D eigenvalue weighted by Crippen LogP contribution is -2.30. The van der Waals surface area contributed by atoms with E-state index >= 15 is 0 Å². The second-order valence-corrected chi connectivity index (χ2v) is 6.83. The number of carbonyl (C=O) groups excluding carboxylic acids is 1. The molecule has 1 amide bonds. The summed E-state index contributed by atoms with van der Waals surface area (Å²) in [6.07, 6.45) is 0. The maximum absolute atomic E-state index is 12.6. The van der Waals surface area contributed by atoms with Gasteiger partial charge in [-0.3, -0.25) is 4.79 Å². The van der Waals surface area contributed by atoms with Crippen molar-refractivity contribution in [1.29, 1.82) is 0 Å². The first-order valence-electron chi connectivity index (χ1n) is 9.97. The predicted molar refractivity (Wildman–Crippen MR) is 115 cm³/mol. The van der Waals surface area contributed by atoms with Gasteiger partial charge in [-0.2, -0.15) is 0 Å². The molecule has 0 radical (unpaired) electrons. The van der Waals surface area contributed by atoms with Crippen LogP contribution in [0.2, 0.25) is 0 Å². The fraction of sp³-hybridized carbons (Fsp3) is 0.435. The van der Waals surface area contributed by atoms with Crippen molar-refractivity contribution in [2.24, 2.45) is 0 Å². The molecule has 0 fully saturated rings. The van der Waals surface area contributed by atoms with Crippen molar-refractivity contribution >= 4 is 17.3 Å². The Morgan fingerprint density at radius 1 is 1.04 bits per heavy atom. The highest BCUT2D eigenvalue weighted by molar-refractivity contribution is 6.04. The lowest BCUT2D eigenvalue weighted by atomic mass is 10.1. The summed E-state index contributed by atoms with van der Waals surface area (Å²) in [5.74, 6) is -0.117. The van der Waals surface area contributed by atoms with Crippen LogP contribution in [0.15, 0.2) is 48.5 Å². The third-order valence-electron chi connectivity index (χ3n) is 4.45. The average molecular weight is 385 g/mol. The molecule has 0 bridgehead atoms. The Bertz CT molecular complexity index is 729. The van der Waals surface area contributed by atoms with Gasteiger partial charge in [0, 0.05) is 36.1 Å². The number of benzene rings is 2. The molecule has 0 aliphatic rings. The van der Waals surface area contributed by atoms with Gasteiger partial charge < -0.3 is 19.7 Å². The topological polar surface area (TPSA) is 50.8 Å². The van der Waals surface area contributed by atoms with E-state index in [4.69, 9.17) is 9.47 Å². The van der Waals surface area contributed by atoms with Crippen molar-refractivity contribution in [3.05, 3.63) is 59.7 Å². The Hall–Kier alpha value is -2.37. The molecule has 0 aliphatic heterocycles. The first-order chi connectivity index (χ1) is 13.5. The van der Waals surface area contributed by atoms with Crippen molar-refractivity contribution in [2.45, 2.75) is 40.3 Å². The Balaban J connectivity index is 1.94. The van der Waals surface area contributed by atoms with Gasteiger partial charge in [0.2, 0.25) is 0 Å². The summed E-state index contributed by atoms with van der Waals surface area (Å²) in [5.41, 5.74) is 3.54. The SMILES string of the molecule is CCOCCOCc1cccc(NC(=O)c2ccc(N(CC)C(C)C)cc2)c1. The van der Waals surface area contributed by atoms with Crippen LogP contribution in [-0.4, -0.2) is 38.3 Å². The fourth-order valence-electron chi connectivity index (χ4n) is 3.04. The van der Waals surface area contributed by atoms with Gasteiger partial charge in [0.05, 0.1) is 19.8 Å². The molecule has 5 nitrogen and oxygen atoms in total. The van der Waals surface area contributed by atoms with Crippen molar-refractivity contribution in [1.82, 2.24) is 0 Å². The number of ether oxygens (including phenoxy) is 2. The molecule has 2 aromatic rings. The largest absolute Gasteiger partial charge is 0.379 e. The Labute approximate surface area is 168 Å². The predicted octanol–water partition coefficient (Wildman–Crippen LogP) is 4.73. The van der Waals surface area contributed by atoms with Crippen LogP contribution in [0.5, 0.6) is 0 Å². The average Bonchev–Trinajstić information content (AvgIpc) is 2.69. The molecule has 0 atom stereocenters. The highest BCUT2D eigenvalue weighted by Gasteiger charge is 2.11. The van der Waals surface area contributed by atoms with E-state index in [0.717, 1.165) is 23.5 Å². The smallest absolute Gasteiger partial charge is 0.255 e. The number of nitrogens with one attached hydrogen (secondary N) is 1. The summed E-state index contributed by atoms with van der Waals surface area (Å²) in [4.78, 5) is 14.9. The maximum atomic E-state index is 12.6. The van der Waals surface area contributed by atoms with E-state index in [1.165, 1.54) is 0 Å². The van der Waals surface area contributed by atoms with Crippen molar-refractivity contribution in [2.75, 3.05) is 36.6 Å². The molecule has 0 aromatic heterocycles. The summed E-state index contributed by atoms with van der Waals surface area (Å²) in [6.45, 7) is 11.7. The molecular weight excluding hydrogens is 352 g/mol. The summed E-state index contributed by atoms with van der Waals surface area (Å²) in [5, 5.41) is 2.96. The standard InChI is InChI=1S/C23H32N2O3/c1-5-25(18(3)4)22-12-10-20(11-13-22)23(26)24-21-9-7-8-19(16-21)17-28-15-14-27-6-2/h7-13,16,18H,5-6,14-15,17H2,1-4H3,(H,24,26). The monoisotopic (exact) mass is 384 g/mol. The zero-order valence-electron chi connectivity index (χ0n) is 17.4. The normalized spacial score (nSPS) is 10.9. The molecule has 5 heteroatoms. The minimum absolute atomic E-state index is 0.117. The highest BCUT2D eigenvalue weighted by Crippen LogP contribution is 2.19. The summed E-state index contributed by atoms with van der Waals surface area (Å²) >= 11 is 0. The summed E-state index contributed by atoms with van der Waals surface area (Å²) < 4.78 is 10.8. The molecule has 0 heterocycles. The lowest BCUT2D eigenvalue weighted by molar-refractivity contribution is 0.0453. The van der Waals surface area contributed by atoms with Gasteiger partial charge in [0.25, 0.3) is 5.91 Å². The van der Waals surface area contributed by atoms with Crippen LogP contribution in [-0.2, 0) is 16.1 Å². The van der Waals surface area contributed by atoms with Crippen LogP contribution in [0.1, 0.15) is 43.6 Å². The lowest BCUT2D eigenvalue weighted by Gasteiger charge is -2.27. The van der Waals surface area contributed by atoms with Gasteiger partial charge in [-0.05, 0) is 69.7 Å². The van der Waals surface area contributed by atoms with Gasteiger partial charge in [0.1, 0.15) is 0 Å². The van der Waals surface area contributed by atoms with E-state index in [2.05, 4.69) is 31.0 Å². The third kappa shape index (κ3) is 6.66. The second kappa shape index (κ2) is 11.5. The van der Waals surface area contributed by atoms with Gasteiger partial charge in [0.15, 0.2) is 0 Å². The first-order valence-corrected chi connectivity index (χ1v) is 9.97. The first kappa shape index (κ1) is 21.9. The molecule has 0 unspecified atom stereocenters. The highest BCUT2D eigenvalue weighted by atomic mass is 16.5. The number of rotatable bonds is 11. The maximum Gasteiger partial charge on any atom is 0.255 e. The zero-order chi connectivity index (χ0) is 20.4. The summed E-state index contributed by atoms with van der Waals surface area (Å²) in [6, 6.07) is 15.9. The number of amides is 1. The van der Waals surface area contributed by atoms with Crippen molar-refractivity contribution in [3.63, 3.8) is 0 Å². The van der Waals surface area contributed by atoms with E-state index in [1.807, 2.05) is 55.5 Å². The van der Waals surface area contributed by atoms with E-state index in [9.17, 15) is 4.79 Å². The number of nitrogens with zero attached hydrogens (tertiary/aromatic N) is 1. The summed E-state index contributed by atoms with van der Waals surface area (Å²) in [7, 11) is 0. The van der Waals surface area contributed by atoms with Crippen molar-refractivity contribution < 1.29 is 14.3 Å². The minimum atomic E-state index is -0.117. The third-order valence-corrected chi connectivity index (χ3v) is 4.45. The molecule has 2 rings (SSSR count).